The van der Waals surface area contributed by atoms with Crippen LogP contribution in [-0.2, 0) is 11.4 Å². The molecule has 1 aliphatic heterocycles. The van der Waals surface area contributed by atoms with Crippen molar-refractivity contribution in [2.75, 3.05) is 17.2 Å². The lowest BCUT2D eigenvalue weighted by molar-refractivity contribution is -0.113. The van der Waals surface area contributed by atoms with Crippen molar-refractivity contribution in [2.45, 2.75) is 47.3 Å². The fraction of sp³-hybridized carbons (Fsp3) is 0.267. The number of tetrazole rings is 1. The Bertz CT molecular complexity index is 1540. The highest BCUT2D eigenvalue weighted by atomic mass is 16.5. The number of hydrogen-bond acceptors (Lipinski definition) is 7. The van der Waals surface area contributed by atoms with Crippen molar-refractivity contribution < 1.29 is 14.3 Å². The molecule has 39 heavy (non-hydrogen) atoms. The third kappa shape index (κ3) is 5.34. The summed E-state index contributed by atoms with van der Waals surface area (Å²) in [5.41, 5.74) is 7.49. The molecule has 0 aliphatic carbocycles. The van der Waals surface area contributed by atoms with Gasteiger partial charge in [0.1, 0.15) is 24.1 Å². The maximum absolute atomic E-state index is 13.7. The summed E-state index contributed by atoms with van der Waals surface area (Å²) in [6.07, 6.45) is 0. The molecule has 0 saturated heterocycles. The highest BCUT2D eigenvalue weighted by Gasteiger charge is 2.34. The summed E-state index contributed by atoms with van der Waals surface area (Å²) in [6.45, 7) is 11.0. The van der Waals surface area contributed by atoms with Gasteiger partial charge < -0.3 is 20.1 Å². The lowest BCUT2D eigenvalue weighted by Gasteiger charge is -2.28. The summed E-state index contributed by atoms with van der Waals surface area (Å²) in [4.78, 5) is 13.7. The number of fused-ring (bicyclic) bond motifs is 1. The van der Waals surface area contributed by atoms with Crippen LogP contribution in [0.15, 0.2) is 71.9 Å². The van der Waals surface area contributed by atoms with Crippen LogP contribution < -0.4 is 20.1 Å². The van der Waals surface area contributed by atoms with Gasteiger partial charge in [-0.1, -0.05) is 41.5 Å². The zero-order valence-electron chi connectivity index (χ0n) is 22.8. The summed E-state index contributed by atoms with van der Waals surface area (Å²) < 4.78 is 13.4. The molecule has 1 aromatic heterocycles. The smallest absolute Gasteiger partial charge is 0.255 e. The maximum atomic E-state index is 13.7. The van der Waals surface area contributed by atoms with E-state index in [1.807, 2.05) is 62.4 Å². The molecule has 9 heteroatoms. The standard InChI is InChI=1S/C30H32N6O3/c1-6-38-26-10-8-7-9-25(26)32-29(37)27-21(5)31-30-33-34-35-36(30)28(27)22-11-13-24(14-12-22)39-17-23-16-19(3)18(2)15-20(23)4/h7-16,28H,6,17H2,1-5H3,(H,32,37)(H,31,33,35). The predicted octanol–water partition coefficient (Wildman–Crippen LogP) is 5.50. The Balaban J connectivity index is 1.41. The van der Waals surface area contributed by atoms with Crippen molar-refractivity contribution in [2.24, 2.45) is 0 Å². The van der Waals surface area contributed by atoms with Crippen molar-refractivity contribution in [3.05, 3.63) is 99.8 Å². The molecule has 1 atom stereocenters. The van der Waals surface area contributed by atoms with Gasteiger partial charge in [0.05, 0.1) is 17.9 Å². The Kier molecular flexibility index (Phi) is 7.31. The fourth-order valence-corrected chi connectivity index (χ4v) is 4.74. The number of carbonyl (C=O) groups excluding carboxylic acids is 1. The van der Waals surface area contributed by atoms with Gasteiger partial charge in [0, 0.05) is 5.70 Å². The van der Waals surface area contributed by atoms with E-state index < -0.39 is 6.04 Å². The van der Waals surface area contributed by atoms with Crippen LogP contribution in [-0.4, -0.2) is 32.7 Å². The van der Waals surface area contributed by atoms with Crippen LogP contribution in [0.25, 0.3) is 0 Å². The van der Waals surface area contributed by atoms with Gasteiger partial charge in [0.2, 0.25) is 5.95 Å². The number of aromatic nitrogens is 4. The van der Waals surface area contributed by atoms with Gasteiger partial charge in [0.15, 0.2) is 0 Å². The van der Waals surface area contributed by atoms with Gasteiger partial charge in [-0.3, -0.25) is 4.79 Å². The number of benzene rings is 3. The van der Waals surface area contributed by atoms with Gasteiger partial charge >= 0.3 is 0 Å². The number of aryl methyl sites for hydroxylation is 3. The number of para-hydroxylation sites is 2. The van der Waals surface area contributed by atoms with E-state index >= 15 is 0 Å². The number of allylic oxidation sites excluding steroid dienone is 1. The lowest BCUT2D eigenvalue weighted by Crippen LogP contribution is -2.31. The molecule has 1 unspecified atom stereocenters. The van der Waals surface area contributed by atoms with Crippen molar-refractivity contribution >= 4 is 17.5 Å². The molecule has 0 spiro atoms. The van der Waals surface area contributed by atoms with Crippen LogP contribution in [0.4, 0.5) is 11.6 Å². The highest BCUT2D eigenvalue weighted by molar-refractivity contribution is 6.06. The number of hydrogen-bond donors (Lipinski definition) is 2. The molecule has 9 nitrogen and oxygen atoms in total. The third-order valence-electron chi connectivity index (χ3n) is 6.94. The summed E-state index contributed by atoms with van der Waals surface area (Å²) in [6, 6.07) is 18.9. The first-order valence-electron chi connectivity index (χ1n) is 12.9. The quantitative estimate of drug-likeness (QED) is 0.314. The molecule has 0 radical (unpaired) electrons. The number of rotatable bonds is 8. The Labute approximate surface area is 227 Å². The zero-order chi connectivity index (χ0) is 27.5. The summed E-state index contributed by atoms with van der Waals surface area (Å²) >= 11 is 0. The van der Waals surface area contributed by atoms with Gasteiger partial charge in [-0.25, -0.2) is 0 Å². The van der Waals surface area contributed by atoms with Crippen molar-refractivity contribution in [1.29, 1.82) is 0 Å². The van der Waals surface area contributed by atoms with Crippen LogP contribution in [0.5, 0.6) is 11.5 Å². The molecule has 0 bridgehead atoms. The van der Waals surface area contributed by atoms with Gasteiger partial charge in [0.25, 0.3) is 5.91 Å². The average molecular weight is 525 g/mol. The van der Waals surface area contributed by atoms with E-state index in [1.165, 1.54) is 16.7 Å². The second kappa shape index (κ2) is 11.0. The molecule has 2 heterocycles. The minimum Gasteiger partial charge on any atom is -0.492 e. The molecule has 5 rings (SSSR count). The Morgan fingerprint density at radius 2 is 1.72 bits per heavy atom. The van der Waals surface area contributed by atoms with E-state index in [4.69, 9.17) is 9.47 Å². The Morgan fingerprint density at radius 3 is 2.49 bits per heavy atom. The highest BCUT2D eigenvalue weighted by Crippen LogP contribution is 2.36. The second-order valence-electron chi connectivity index (χ2n) is 9.62. The monoisotopic (exact) mass is 524 g/mol. The summed E-state index contributed by atoms with van der Waals surface area (Å²) in [7, 11) is 0. The molecular formula is C30H32N6O3. The van der Waals surface area contributed by atoms with E-state index in [1.54, 1.807) is 4.68 Å². The minimum absolute atomic E-state index is 0.274. The van der Waals surface area contributed by atoms with Crippen LogP contribution in [0, 0.1) is 20.8 Å². The van der Waals surface area contributed by atoms with Gasteiger partial charge in [-0.05, 0) is 97.1 Å². The van der Waals surface area contributed by atoms with Gasteiger partial charge in [-0.15, -0.1) is 0 Å². The molecule has 0 fully saturated rings. The number of nitrogens with one attached hydrogen (secondary N) is 2. The van der Waals surface area contributed by atoms with Crippen LogP contribution in [0.2, 0.25) is 0 Å². The molecule has 4 aromatic rings. The first-order chi connectivity index (χ1) is 18.9. The third-order valence-corrected chi connectivity index (χ3v) is 6.94. The number of anilines is 2. The SMILES string of the molecule is CCOc1ccccc1NC(=O)C1=C(C)Nc2nnnn2C1c1ccc(OCc2cc(C)c(C)cc2C)cc1. The van der Waals surface area contributed by atoms with Gasteiger partial charge in [-0.2, -0.15) is 4.68 Å². The number of nitrogens with zero attached hydrogens (tertiary/aromatic N) is 4. The van der Waals surface area contributed by atoms with E-state index in [-0.39, 0.29) is 5.91 Å². The fourth-order valence-electron chi connectivity index (χ4n) is 4.74. The zero-order valence-corrected chi connectivity index (χ0v) is 22.8. The Hall–Kier alpha value is -4.66. The largest absolute Gasteiger partial charge is 0.492 e. The Morgan fingerprint density at radius 1 is 0.974 bits per heavy atom. The number of amides is 1. The van der Waals surface area contributed by atoms with E-state index in [2.05, 4.69) is 59.1 Å². The molecule has 1 aliphatic rings. The van der Waals surface area contributed by atoms with E-state index in [0.717, 1.165) is 16.9 Å². The molecular weight excluding hydrogens is 492 g/mol. The number of ether oxygens (including phenoxy) is 2. The maximum Gasteiger partial charge on any atom is 0.255 e. The number of carbonyl (C=O) groups is 1. The molecule has 2 N–H and O–H groups in total. The van der Waals surface area contributed by atoms with Crippen molar-refractivity contribution in [3.8, 4) is 11.5 Å². The van der Waals surface area contributed by atoms with E-state index in [9.17, 15) is 4.79 Å². The topological polar surface area (TPSA) is 103 Å². The molecule has 0 saturated carbocycles. The van der Waals surface area contributed by atoms with Crippen LogP contribution in [0.1, 0.15) is 47.7 Å². The molecule has 200 valence electrons. The first kappa shape index (κ1) is 26.0. The van der Waals surface area contributed by atoms with Crippen molar-refractivity contribution in [1.82, 2.24) is 20.2 Å². The second-order valence-corrected chi connectivity index (χ2v) is 9.62. The average Bonchev–Trinajstić information content (AvgIpc) is 3.39. The van der Waals surface area contributed by atoms with Crippen molar-refractivity contribution in [3.63, 3.8) is 0 Å². The first-order valence-corrected chi connectivity index (χ1v) is 12.9. The van der Waals surface area contributed by atoms with E-state index in [0.29, 0.717) is 41.9 Å². The summed E-state index contributed by atoms with van der Waals surface area (Å²) in [5, 5.41) is 18.3. The molecule has 1 amide bonds. The van der Waals surface area contributed by atoms with Crippen LogP contribution >= 0.6 is 0 Å². The minimum atomic E-state index is -0.536. The predicted molar refractivity (Wildman–Crippen MR) is 150 cm³/mol. The normalized spacial score (nSPS) is 14.4. The van der Waals surface area contributed by atoms with Crippen LogP contribution in [0.3, 0.4) is 0 Å². The summed E-state index contributed by atoms with van der Waals surface area (Å²) in [5.74, 6) is 1.54. The lowest BCUT2D eigenvalue weighted by atomic mass is 9.95. The molecule has 3 aromatic carbocycles.